The van der Waals surface area contributed by atoms with Crippen LogP contribution in [-0.2, 0) is 25.5 Å². The first-order valence-corrected chi connectivity index (χ1v) is 10.5. The predicted molar refractivity (Wildman–Crippen MR) is 110 cm³/mol. The van der Waals surface area contributed by atoms with Crippen LogP contribution >= 0.6 is 0 Å². The molecule has 0 aromatic heterocycles. The van der Waals surface area contributed by atoms with Crippen LogP contribution in [0.5, 0.6) is 0 Å². The zero-order valence-corrected chi connectivity index (χ0v) is 17.6. The van der Waals surface area contributed by atoms with Crippen molar-refractivity contribution in [1.82, 2.24) is 10.2 Å². The maximum Gasteiger partial charge on any atom is 0.326 e. The van der Waals surface area contributed by atoms with Gasteiger partial charge in [-0.3, -0.25) is 24.1 Å². The van der Waals surface area contributed by atoms with E-state index in [4.69, 9.17) is 4.74 Å². The quantitative estimate of drug-likeness (QED) is 0.434. The van der Waals surface area contributed by atoms with Crippen molar-refractivity contribution >= 4 is 35.3 Å². The van der Waals surface area contributed by atoms with Gasteiger partial charge in [-0.25, -0.2) is 4.79 Å². The second-order valence-electron chi connectivity index (χ2n) is 8.37. The Morgan fingerprint density at radius 2 is 1.90 bits per heavy atom. The molecule has 1 atom stereocenters. The SMILES string of the molecule is CC(=O)N1CCc2cc(C(=O)C(C)OC(=O)CN3C(=O)NC4(CCCC4)C3=O)ccc21. The third kappa shape index (κ3) is 3.68. The predicted octanol–water partition coefficient (Wildman–Crippen LogP) is 1.57. The lowest BCUT2D eigenvalue weighted by atomic mass is 9.98. The molecule has 9 nitrogen and oxygen atoms in total. The summed E-state index contributed by atoms with van der Waals surface area (Å²) in [6, 6.07) is 4.44. The molecule has 0 radical (unpaired) electrons. The highest BCUT2D eigenvalue weighted by Gasteiger charge is 2.52. The number of fused-ring (bicyclic) bond motifs is 1. The summed E-state index contributed by atoms with van der Waals surface area (Å²) in [4.78, 5) is 64.1. The largest absolute Gasteiger partial charge is 0.453 e. The van der Waals surface area contributed by atoms with Crippen molar-refractivity contribution in [3.8, 4) is 0 Å². The summed E-state index contributed by atoms with van der Waals surface area (Å²) in [5, 5.41) is 2.71. The van der Waals surface area contributed by atoms with Gasteiger partial charge in [0.15, 0.2) is 6.10 Å². The van der Waals surface area contributed by atoms with Crippen molar-refractivity contribution in [2.24, 2.45) is 0 Å². The second-order valence-corrected chi connectivity index (χ2v) is 8.37. The molecule has 1 aromatic carbocycles. The minimum Gasteiger partial charge on any atom is -0.453 e. The van der Waals surface area contributed by atoms with Gasteiger partial charge in [-0.15, -0.1) is 0 Å². The molecule has 1 aliphatic carbocycles. The Hall–Kier alpha value is -3.23. The fourth-order valence-electron chi connectivity index (χ4n) is 4.67. The van der Waals surface area contributed by atoms with Gasteiger partial charge in [-0.1, -0.05) is 12.8 Å². The first-order chi connectivity index (χ1) is 14.7. The van der Waals surface area contributed by atoms with Gasteiger partial charge >= 0.3 is 12.0 Å². The lowest BCUT2D eigenvalue weighted by molar-refractivity contribution is -0.149. The average Bonchev–Trinajstić information content (AvgIpc) is 3.42. The van der Waals surface area contributed by atoms with Crippen LogP contribution in [0, 0.1) is 0 Å². The number of imide groups is 1. The average molecular weight is 427 g/mol. The Labute approximate surface area is 179 Å². The lowest BCUT2D eigenvalue weighted by Gasteiger charge is -2.20. The lowest BCUT2D eigenvalue weighted by Crippen LogP contribution is -2.44. The van der Waals surface area contributed by atoms with E-state index in [-0.39, 0.29) is 11.7 Å². The number of amides is 4. The van der Waals surface area contributed by atoms with Gasteiger partial charge in [0.1, 0.15) is 12.1 Å². The van der Waals surface area contributed by atoms with E-state index >= 15 is 0 Å². The number of ether oxygens (including phenoxy) is 1. The van der Waals surface area contributed by atoms with Crippen LogP contribution in [0.3, 0.4) is 0 Å². The van der Waals surface area contributed by atoms with Crippen molar-refractivity contribution in [2.75, 3.05) is 18.0 Å². The number of hydrogen-bond donors (Lipinski definition) is 1. The molecule has 31 heavy (non-hydrogen) atoms. The van der Waals surface area contributed by atoms with E-state index in [1.54, 1.807) is 23.1 Å². The number of benzene rings is 1. The van der Waals surface area contributed by atoms with Crippen molar-refractivity contribution in [2.45, 2.75) is 57.6 Å². The number of urea groups is 1. The monoisotopic (exact) mass is 427 g/mol. The minimum absolute atomic E-state index is 0.0556. The van der Waals surface area contributed by atoms with Gasteiger partial charge < -0.3 is 15.0 Å². The third-order valence-corrected chi connectivity index (χ3v) is 6.31. The number of esters is 1. The molecule has 164 valence electrons. The van der Waals surface area contributed by atoms with Gasteiger partial charge in [0.05, 0.1) is 0 Å². The van der Waals surface area contributed by atoms with Gasteiger partial charge in [-0.2, -0.15) is 0 Å². The van der Waals surface area contributed by atoms with E-state index in [2.05, 4.69) is 5.32 Å². The first-order valence-electron chi connectivity index (χ1n) is 10.5. The summed E-state index contributed by atoms with van der Waals surface area (Å²) in [6.45, 7) is 3.00. The van der Waals surface area contributed by atoms with Gasteiger partial charge in [0.2, 0.25) is 11.7 Å². The summed E-state index contributed by atoms with van der Waals surface area (Å²) < 4.78 is 5.23. The molecule has 0 bridgehead atoms. The maximum atomic E-state index is 12.7. The Bertz CT molecular complexity index is 981. The fourth-order valence-corrected chi connectivity index (χ4v) is 4.67. The molecule has 1 aromatic rings. The van der Waals surface area contributed by atoms with E-state index in [1.807, 2.05) is 0 Å². The summed E-state index contributed by atoms with van der Waals surface area (Å²) >= 11 is 0. The third-order valence-electron chi connectivity index (χ3n) is 6.31. The number of Topliss-reactive ketones (excluding diaryl/α,β-unsaturated/α-hetero) is 1. The minimum atomic E-state index is -1.07. The molecule has 1 saturated carbocycles. The molecule has 2 heterocycles. The number of ketones is 1. The van der Waals surface area contributed by atoms with Crippen molar-refractivity contribution in [3.63, 3.8) is 0 Å². The molecule has 4 amide bonds. The molecule has 4 rings (SSSR count). The summed E-state index contributed by atoms with van der Waals surface area (Å²) in [6.07, 6.45) is 2.41. The van der Waals surface area contributed by atoms with Gasteiger partial charge in [0, 0.05) is 24.7 Å². The number of nitrogens with one attached hydrogen (secondary N) is 1. The molecule has 1 saturated heterocycles. The van der Waals surface area contributed by atoms with Crippen LogP contribution < -0.4 is 10.2 Å². The van der Waals surface area contributed by atoms with Gasteiger partial charge in [0.25, 0.3) is 5.91 Å². The Morgan fingerprint density at radius 3 is 2.58 bits per heavy atom. The van der Waals surface area contributed by atoms with Crippen LogP contribution in [0.1, 0.15) is 55.5 Å². The highest BCUT2D eigenvalue weighted by atomic mass is 16.5. The number of carbonyl (C=O) groups is 5. The van der Waals surface area contributed by atoms with E-state index in [0.717, 1.165) is 29.0 Å². The van der Waals surface area contributed by atoms with Crippen LogP contribution in [-0.4, -0.2) is 59.2 Å². The van der Waals surface area contributed by atoms with E-state index in [9.17, 15) is 24.0 Å². The standard InChI is InChI=1S/C22H25N3O6/c1-13(19(28)16-5-6-17-15(11-16)7-10-24(17)14(2)26)31-18(27)12-25-20(29)22(23-21(25)30)8-3-4-9-22/h5-6,11,13H,3-4,7-10,12H2,1-2H3,(H,23,30). The van der Waals surface area contributed by atoms with Crippen molar-refractivity contribution in [1.29, 1.82) is 0 Å². The molecule has 2 aliphatic heterocycles. The van der Waals surface area contributed by atoms with Crippen LogP contribution in [0.2, 0.25) is 0 Å². The molecule has 1 spiro atoms. The van der Waals surface area contributed by atoms with Crippen LogP contribution in [0.25, 0.3) is 0 Å². The molecule has 1 unspecified atom stereocenters. The Morgan fingerprint density at radius 1 is 1.19 bits per heavy atom. The fraction of sp³-hybridized carbons (Fsp3) is 0.500. The number of nitrogens with zero attached hydrogens (tertiary/aromatic N) is 2. The maximum absolute atomic E-state index is 12.7. The highest BCUT2D eigenvalue weighted by Crippen LogP contribution is 2.35. The number of rotatable bonds is 5. The Kier molecular flexibility index (Phi) is 5.28. The summed E-state index contributed by atoms with van der Waals surface area (Å²) in [5.41, 5.74) is 1.16. The Balaban J connectivity index is 1.38. The molecule has 3 aliphatic rings. The number of hydrogen-bond acceptors (Lipinski definition) is 6. The second kappa shape index (κ2) is 7.79. The molecular weight excluding hydrogens is 402 g/mol. The zero-order chi connectivity index (χ0) is 22.3. The molecule has 9 heteroatoms. The highest BCUT2D eigenvalue weighted by molar-refractivity contribution is 6.09. The smallest absolute Gasteiger partial charge is 0.326 e. The van der Waals surface area contributed by atoms with Crippen LogP contribution in [0.15, 0.2) is 18.2 Å². The molecular formula is C22H25N3O6. The normalized spacial score (nSPS) is 20.1. The molecule has 2 fully saturated rings. The molecule has 1 N–H and O–H groups in total. The summed E-state index contributed by atoms with van der Waals surface area (Å²) in [7, 11) is 0. The zero-order valence-electron chi connectivity index (χ0n) is 17.6. The number of anilines is 1. The van der Waals surface area contributed by atoms with E-state index in [0.29, 0.717) is 31.4 Å². The first kappa shape index (κ1) is 21.0. The van der Waals surface area contributed by atoms with Crippen LogP contribution in [0.4, 0.5) is 10.5 Å². The van der Waals surface area contributed by atoms with Crippen molar-refractivity contribution < 1.29 is 28.7 Å². The van der Waals surface area contributed by atoms with E-state index < -0.39 is 36.1 Å². The van der Waals surface area contributed by atoms with E-state index in [1.165, 1.54) is 13.8 Å². The number of carbonyl (C=O) groups excluding carboxylic acids is 5. The summed E-state index contributed by atoms with van der Waals surface area (Å²) in [5.74, 6) is -1.66. The van der Waals surface area contributed by atoms with Gasteiger partial charge in [-0.05, 0) is 49.9 Å². The van der Waals surface area contributed by atoms with Crippen molar-refractivity contribution in [3.05, 3.63) is 29.3 Å². The topological polar surface area (TPSA) is 113 Å².